The van der Waals surface area contributed by atoms with Crippen LogP contribution in [0.25, 0.3) is 0 Å². The number of nitrogens with zero attached hydrogens (tertiary/aromatic N) is 1. The third kappa shape index (κ3) is 2.64. The molecule has 0 amide bonds. The van der Waals surface area contributed by atoms with Gasteiger partial charge in [0.05, 0.1) is 7.11 Å². The van der Waals surface area contributed by atoms with Crippen molar-refractivity contribution in [1.82, 2.24) is 5.32 Å². The van der Waals surface area contributed by atoms with Crippen LogP contribution in [0.4, 0.5) is 5.69 Å². The van der Waals surface area contributed by atoms with Crippen LogP contribution in [0, 0.1) is 6.92 Å². The molecule has 0 atom stereocenters. The van der Waals surface area contributed by atoms with E-state index in [9.17, 15) is 0 Å². The number of aryl methyl sites for hydroxylation is 1. The first-order valence-corrected chi connectivity index (χ1v) is 7.87. The van der Waals surface area contributed by atoms with Crippen LogP contribution in [-0.4, -0.2) is 32.3 Å². The summed E-state index contributed by atoms with van der Waals surface area (Å²) < 4.78 is 5.37. The van der Waals surface area contributed by atoms with E-state index in [1.807, 2.05) is 0 Å². The van der Waals surface area contributed by atoms with Crippen LogP contribution >= 0.6 is 0 Å². The molecule has 1 N–H and O–H groups in total. The molecule has 1 spiro atoms. The topological polar surface area (TPSA) is 24.5 Å². The molecule has 1 heterocycles. The van der Waals surface area contributed by atoms with Crippen molar-refractivity contribution in [2.24, 2.45) is 0 Å². The molecule has 3 nitrogen and oxygen atoms in total. The molecule has 1 saturated carbocycles. The summed E-state index contributed by atoms with van der Waals surface area (Å²) in [6, 6.07) is 6.56. The Labute approximate surface area is 122 Å². The maximum absolute atomic E-state index is 5.37. The monoisotopic (exact) mass is 274 g/mol. The first-order chi connectivity index (χ1) is 9.72. The minimum atomic E-state index is 0.365. The highest BCUT2D eigenvalue weighted by Gasteiger charge is 2.36. The van der Waals surface area contributed by atoms with Gasteiger partial charge in [-0.25, -0.2) is 0 Å². The van der Waals surface area contributed by atoms with E-state index in [4.69, 9.17) is 4.74 Å². The molecule has 2 fully saturated rings. The van der Waals surface area contributed by atoms with E-state index in [-0.39, 0.29) is 0 Å². The number of hydrogen-bond donors (Lipinski definition) is 1. The molecule has 1 aromatic rings. The van der Waals surface area contributed by atoms with E-state index in [1.165, 1.54) is 43.4 Å². The van der Waals surface area contributed by atoms with E-state index < -0.39 is 0 Å². The molecule has 1 aliphatic carbocycles. The second-order valence-electron chi connectivity index (χ2n) is 6.34. The minimum Gasteiger partial charge on any atom is -0.496 e. The number of piperazine rings is 1. The third-order valence-corrected chi connectivity index (χ3v) is 4.93. The number of methoxy groups -OCH3 is 1. The van der Waals surface area contributed by atoms with Crippen LogP contribution in [-0.2, 0) is 0 Å². The van der Waals surface area contributed by atoms with Crippen LogP contribution < -0.4 is 15.0 Å². The zero-order valence-corrected chi connectivity index (χ0v) is 12.7. The summed E-state index contributed by atoms with van der Waals surface area (Å²) in [6.07, 6.45) is 6.83. The van der Waals surface area contributed by atoms with Crippen LogP contribution in [0.1, 0.15) is 37.7 Å². The number of nitrogens with one attached hydrogen (secondary N) is 1. The Morgan fingerprint density at radius 2 is 2.00 bits per heavy atom. The minimum absolute atomic E-state index is 0.365. The maximum atomic E-state index is 5.37. The van der Waals surface area contributed by atoms with Crippen molar-refractivity contribution in [3.05, 3.63) is 23.8 Å². The van der Waals surface area contributed by atoms with E-state index in [2.05, 4.69) is 35.3 Å². The van der Waals surface area contributed by atoms with Gasteiger partial charge in [0.15, 0.2) is 0 Å². The number of hydrogen-bond acceptors (Lipinski definition) is 3. The fraction of sp³-hybridized carbons (Fsp3) is 0.647. The van der Waals surface area contributed by atoms with E-state index in [1.54, 1.807) is 7.11 Å². The molecule has 1 aromatic carbocycles. The zero-order chi connectivity index (χ0) is 14.0. The predicted octanol–water partition coefficient (Wildman–Crippen LogP) is 3.12. The van der Waals surface area contributed by atoms with Crippen LogP contribution in [0.3, 0.4) is 0 Å². The highest BCUT2D eigenvalue weighted by atomic mass is 16.5. The predicted molar refractivity (Wildman–Crippen MR) is 83.8 cm³/mol. The standard InChI is InChI=1S/C17H26N2O/c1-14-12-15(6-7-16(14)20-2)19-11-10-18-17(13-19)8-4-3-5-9-17/h6-7,12,18H,3-5,8-11,13H2,1-2H3. The first kappa shape index (κ1) is 13.7. The van der Waals surface area contributed by atoms with Gasteiger partial charge in [0.2, 0.25) is 0 Å². The average molecular weight is 274 g/mol. The Morgan fingerprint density at radius 1 is 1.20 bits per heavy atom. The van der Waals surface area contributed by atoms with Crippen LogP contribution in [0.5, 0.6) is 5.75 Å². The van der Waals surface area contributed by atoms with Crippen molar-refractivity contribution in [2.45, 2.75) is 44.6 Å². The molecule has 0 unspecified atom stereocenters. The molecule has 20 heavy (non-hydrogen) atoms. The molecule has 3 heteroatoms. The van der Waals surface area contributed by atoms with Gasteiger partial charge in [-0.05, 0) is 43.5 Å². The zero-order valence-electron chi connectivity index (χ0n) is 12.7. The molecule has 3 rings (SSSR count). The highest BCUT2D eigenvalue weighted by molar-refractivity contribution is 5.53. The third-order valence-electron chi connectivity index (χ3n) is 4.93. The molecular weight excluding hydrogens is 248 g/mol. The fourth-order valence-electron chi connectivity index (χ4n) is 3.80. The molecule has 110 valence electrons. The summed E-state index contributed by atoms with van der Waals surface area (Å²) in [5.74, 6) is 0.983. The molecule has 0 radical (unpaired) electrons. The quantitative estimate of drug-likeness (QED) is 0.897. The number of benzene rings is 1. The normalized spacial score (nSPS) is 22.0. The summed E-state index contributed by atoms with van der Waals surface area (Å²) in [5.41, 5.74) is 2.93. The Kier molecular flexibility index (Phi) is 3.88. The molecule has 1 saturated heterocycles. The van der Waals surface area contributed by atoms with E-state index in [0.717, 1.165) is 25.4 Å². The van der Waals surface area contributed by atoms with Gasteiger partial charge in [-0.1, -0.05) is 19.3 Å². The lowest BCUT2D eigenvalue weighted by Crippen LogP contribution is -2.61. The molecule has 0 aromatic heterocycles. The van der Waals surface area contributed by atoms with Crippen molar-refractivity contribution in [3.63, 3.8) is 0 Å². The Morgan fingerprint density at radius 3 is 2.70 bits per heavy atom. The summed E-state index contributed by atoms with van der Waals surface area (Å²) >= 11 is 0. The van der Waals surface area contributed by atoms with Crippen molar-refractivity contribution in [1.29, 1.82) is 0 Å². The van der Waals surface area contributed by atoms with Crippen molar-refractivity contribution >= 4 is 5.69 Å². The van der Waals surface area contributed by atoms with Gasteiger partial charge in [0.1, 0.15) is 5.75 Å². The second-order valence-corrected chi connectivity index (χ2v) is 6.34. The second kappa shape index (κ2) is 5.65. The molecule has 1 aliphatic heterocycles. The van der Waals surface area contributed by atoms with Gasteiger partial charge in [0, 0.05) is 30.9 Å². The largest absolute Gasteiger partial charge is 0.496 e. The van der Waals surface area contributed by atoms with Crippen molar-refractivity contribution in [3.8, 4) is 5.75 Å². The lowest BCUT2D eigenvalue weighted by atomic mass is 9.80. The SMILES string of the molecule is COc1ccc(N2CCNC3(CCCCC3)C2)cc1C. The van der Waals surface area contributed by atoms with E-state index in [0.29, 0.717) is 5.54 Å². The molecular formula is C17H26N2O. The van der Waals surface area contributed by atoms with Crippen molar-refractivity contribution < 1.29 is 4.74 Å². The highest BCUT2D eigenvalue weighted by Crippen LogP contribution is 2.33. The van der Waals surface area contributed by atoms with Crippen molar-refractivity contribution in [2.75, 3.05) is 31.6 Å². The van der Waals surface area contributed by atoms with Crippen LogP contribution in [0.15, 0.2) is 18.2 Å². The van der Waals surface area contributed by atoms with Gasteiger partial charge >= 0.3 is 0 Å². The molecule has 2 aliphatic rings. The van der Waals surface area contributed by atoms with E-state index >= 15 is 0 Å². The Balaban J connectivity index is 1.78. The van der Waals surface area contributed by atoms with Gasteiger partial charge in [-0.2, -0.15) is 0 Å². The van der Waals surface area contributed by atoms with Crippen LogP contribution in [0.2, 0.25) is 0 Å². The summed E-state index contributed by atoms with van der Waals surface area (Å²) in [6.45, 7) is 5.48. The lowest BCUT2D eigenvalue weighted by Gasteiger charge is -2.47. The summed E-state index contributed by atoms with van der Waals surface area (Å²) in [7, 11) is 1.74. The Bertz CT molecular complexity index is 461. The lowest BCUT2D eigenvalue weighted by molar-refractivity contribution is 0.216. The summed E-state index contributed by atoms with van der Waals surface area (Å²) in [5, 5.41) is 3.81. The van der Waals surface area contributed by atoms with Gasteiger partial charge in [-0.15, -0.1) is 0 Å². The average Bonchev–Trinajstić information content (AvgIpc) is 2.48. The number of rotatable bonds is 2. The first-order valence-electron chi connectivity index (χ1n) is 7.87. The molecule has 0 bridgehead atoms. The maximum Gasteiger partial charge on any atom is 0.121 e. The van der Waals surface area contributed by atoms with Gasteiger partial charge in [0.25, 0.3) is 0 Å². The number of ether oxygens (including phenoxy) is 1. The number of anilines is 1. The van der Waals surface area contributed by atoms with Gasteiger partial charge in [-0.3, -0.25) is 0 Å². The summed E-state index contributed by atoms with van der Waals surface area (Å²) in [4.78, 5) is 2.55. The Hall–Kier alpha value is -1.22. The van der Waals surface area contributed by atoms with Gasteiger partial charge < -0.3 is 15.0 Å². The fourth-order valence-corrected chi connectivity index (χ4v) is 3.80. The smallest absolute Gasteiger partial charge is 0.121 e.